The van der Waals surface area contributed by atoms with Gasteiger partial charge in [-0.2, -0.15) is 0 Å². The highest BCUT2D eigenvalue weighted by atomic mass is 16.7. The number of hydrogen-bond donors (Lipinski definition) is 4. The number of para-hydroxylation sites is 2. The largest absolute Gasteiger partial charge is 0.397 e. The number of aliphatic hydroxyl groups is 1. The Labute approximate surface area is 354 Å². The summed E-state index contributed by atoms with van der Waals surface area (Å²) in [6.45, 7) is 6.30. The predicted molar refractivity (Wildman–Crippen MR) is 237 cm³/mol. The topological polar surface area (TPSA) is 129 Å². The molecule has 0 spiro atoms. The van der Waals surface area contributed by atoms with Crippen molar-refractivity contribution in [3.8, 4) is 11.1 Å². The minimum atomic E-state index is -0.543. The van der Waals surface area contributed by atoms with Crippen LogP contribution >= 0.6 is 0 Å². The van der Waals surface area contributed by atoms with Crippen molar-refractivity contribution in [2.24, 2.45) is 0 Å². The van der Waals surface area contributed by atoms with Crippen molar-refractivity contribution in [3.63, 3.8) is 0 Å². The van der Waals surface area contributed by atoms with Crippen LogP contribution in [-0.2, 0) is 38.8 Å². The van der Waals surface area contributed by atoms with Crippen LogP contribution in [-0.4, -0.2) is 65.5 Å². The third kappa shape index (κ3) is 12.6. The SMILES string of the molecule is Nc1ccccc1NC(=O)CCCCCCC(=O)NCc1cccc(-c2cccc([C@H]3O[C@@H](CN4CCN(Cc5ccccc5)CC4)C[C@@H](c4ccc(CO)cc4)O3)c2)c1. The number of benzene rings is 5. The van der Waals surface area contributed by atoms with Crippen LogP contribution < -0.4 is 16.4 Å². The Bertz CT molecular complexity index is 2120. The van der Waals surface area contributed by atoms with Crippen LogP contribution in [0.15, 0.2) is 127 Å². The lowest BCUT2D eigenvalue weighted by Crippen LogP contribution is -2.49. The van der Waals surface area contributed by atoms with Gasteiger partial charge in [-0.05, 0) is 70.5 Å². The Hall–Kier alpha value is -5.36. The zero-order valence-corrected chi connectivity index (χ0v) is 34.5. The standard InChI is InChI=1S/C50H59N5O5/c51-45-18-8-9-19-46(45)53-49(58)21-7-2-1-6-20-48(57)52-33-39-14-10-15-41(30-39)42-16-11-17-43(31-42)50-59-44(32-47(60-50)40-24-22-38(36-56)23-25-40)35-55-28-26-54(27-29-55)34-37-12-4-3-5-13-37/h3-5,8-19,22-25,30-31,44,47,50,56H,1-2,6-7,20-21,26-29,32-36,51H2,(H,52,57)(H,53,58)/t44-,47+,50+/m1/s1. The monoisotopic (exact) mass is 809 g/mol. The van der Waals surface area contributed by atoms with E-state index in [0.717, 1.165) is 105 Å². The van der Waals surface area contributed by atoms with Crippen LogP contribution in [0.5, 0.6) is 0 Å². The number of aliphatic hydroxyl groups excluding tert-OH is 1. The molecule has 2 fully saturated rings. The molecule has 5 N–H and O–H groups in total. The van der Waals surface area contributed by atoms with Crippen LogP contribution in [0, 0.1) is 0 Å². The number of carbonyl (C=O) groups excluding carboxylic acids is 2. The number of carbonyl (C=O) groups is 2. The fourth-order valence-electron chi connectivity index (χ4n) is 8.06. The third-order valence-corrected chi connectivity index (χ3v) is 11.5. The van der Waals surface area contributed by atoms with Gasteiger partial charge in [0.15, 0.2) is 6.29 Å². The van der Waals surface area contributed by atoms with E-state index in [1.165, 1.54) is 5.56 Å². The van der Waals surface area contributed by atoms with Gasteiger partial charge in [-0.15, -0.1) is 0 Å². The number of nitrogens with zero attached hydrogens (tertiary/aromatic N) is 2. The van der Waals surface area contributed by atoms with Crippen LogP contribution in [0.1, 0.15) is 85.2 Å². The summed E-state index contributed by atoms with van der Waals surface area (Å²) in [5.74, 6) is -0.0233. The average Bonchev–Trinajstić information content (AvgIpc) is 3.28. The highest BCUT2D eigenvalue weighted by molar-refractivity contribution is 5.93. The molecule has 5 aromatic rings. The number of unbranched alkanes of at least 4 members (excludes halogenated alkanes) is 3. The first-order chi connectivity index (χ1) is 29.4. The normalized spacial score (nSPS) is 18.5. The molecule has 7 rings (SSSR count). The fourth-order valence-corrected chi connectivity index (χ4v) is 8.06. The van der Waals surface area contributed by atoms with E-state index >= 15 is 0 Å². The number of ether oxygens (including phenoxy) is 2. The molecule has 2 aliphatic rings. The summed E-state index contributed by atoms with van der Waals surface area (Å²) in [5, 5.41) is 15.6. The molecular formula is C50H59N5O5. The van der Waals surface area contributed by atoms with Crippen LogP contribution in [0.4, 0.5) is 11.4 Å². The molecule has 2 amide bonds. The van der Waals surface area contributed by atoms with Gasteiger partial charge >= 0.3 is 0 Å². The summed E-state index contributed by atoms with van der Waals surface area (Å²) in [6.07, 6.45) is 4.23. The van der Waals surface area contributed by atoms with E-state index in [1.54, 1.807) is 12.1 Å². The summed E-state index contributed by atoms with van der Waals surface area (Å²) in [7, 11) is 0. The van der Waals surface area contributed by atoms with Gasteiger partial charge in [-0.1, -0.05) is 116 Å². The zero-order chi connectivity index (χ0) is 41.5. The van der Waals surface area contributed by atoms with Gasteiger partial charge in [0.1, 0.15) is 0 Å². The molecule has 0 saturated carbocycles. The van der Waals surface area contributed by atoms with Crippen molar-refractivity contribution in [3.05, 3.63) is 155 Å². The second-order valence-electron chi connectivity index (χ2n) is 16.1. The molecule has 3 atom stereocenters. The molecule has 60 heavy (non-hydrogen) atoms. The smallest absolute Gasteiger partial charge is 0.224 e. The number of amides is 2. The summed E-state index contributed by atoms with van der Waals surface area (Å²) < 4.78 is 13.5. The van der Waals surface area contributed by atoms with E-state index < -0.39 is 6.29 Å². The summed E-state index contributed by atoms with van der Waals surface area (Å²) in [5.41, 5.74) is 14.5. The maximum absolute atomic E-state index is 12.7. The van der Waals surface area contributed by atoms with E-state index in [4.69, 9.17) is 15.2 Å². The zero-order valence-electron chi connectivity index (χ0n) is 34.5. The van der Waals surface area contributed by atoms with E-state index in [2.05, 4.69) is 99.3 Å². The first-order valence-corrected chi connectivity index (χ1v) is 21.5. The van der Waals surface area contributed by atoms with Crippen molar-refractivity contribution in [1.82, 2.24) is 15.1 Å². The van der Waals surface area contributed by atoms with E-state index in [1.807, 2.05) is 36.4 Å². The van der Waals surface area contributed by atoms with Gasteiger partial charge in [0.05, 0.1) is 30.2 Å². The summed E-state index contributed by atoms with van der Waals surface area (Å²) >= 11 is 0. The number of nitrogens with one attached hydrogen (secondary N) is 2. The number of piperazine rings is 1. The number of rotatable bonds is 18. The molecule has 10 nitrogen and oxygen atoms in total. The van der Waals surface area contributed by atoms with Crippen molar-refractivity contribution in [2.45, 2.75) is 83.1 Å². The minimum absolute atomic E-state index is 0.00767. The fraction of sp³-hybridized carbons (Fsp3) is 0.360. The second kappa shape index (κ2) is 21.8. The number of anilines is 2. The number of hydrogen-bond acceptors (Lipinski definition) is 8. The van der Waals surface area contributed by atoms with Crippen LogP contribution in [0.2, 0.25) is 0 Å². The lowest BCUT2D eigenvalue weighted by Gasteiger charge is -2.41. The van der Waals surface area contributed by atoms with Crippen molar-refractivity contribution < 1.29 is 24.2 Å². The summed E-state index contributed by atoms with van der Waals surface area (Å²) in [6, 6.07) is 42.7. The van der Waals surface area contributed by atoms with Gasteiger partial charge in [0.2, 0.25) is 11.8 Å². The molecule has 0 radical (unpaired) electrons. The Morgan fingerprint density at radius 2 is 1.32 bits per heavy atom. The molecule has 0 unspecified atom stereocenters. The molecule has 2 saturated heterocycles. The first-order valence-electron chi connectivity index (χ1n) is 21.5. The Morgan fingerprint density at radius 1 is 0.650 bits per heavy atom. The maximum atomic E-state index is 12.7. The minimum Gasteiger partial charge on any atom is -0.397 e. The molecular weight excluding hydrogens is 751 g/mol. The lowest BCUT2D eigenvalue weighted by molar-refractivity contribution is -0.253. The molecule has 0 aromatic heterocycles. The Kier molecular flexibility index (Phi) is 15.5. The first kappa shape index (κ1) is 42.8. The molecule has 0 aliphatic carbocycles. The highest BCUT2D eigenvalue weighted by Gasteiger charge is 2.34. The lowest BCUT2D eigenvalue weighted by atomic mass is 9.98. The molecule has 2 aliphatic heterocycles. The Balaban J connectivity index is 0.909. The van der Waals surface area contributed by atoms with Crippen molar-refractivity contribution in [2.75, 3.05) is 43.8 Å². The van der Waals surface area contributed by atoms with Crippen LogP contribution in [0.25, 0.3) is 11.1 Å². The third-order valence-electron chi connectivity index (χ3n) is 11.5. The molecule has 314 valence electrons. The summed E-state index contributed by atoms with van der Waals surface area (Å²) in [4.78, 5) is 30.1. The molecule has 2 heterocycles. The van der Waals surface area contributed by atoms with E-state index in [0.29, 0.717) is 30.8 Å². The van der Waals surface area contributed by atoms with Crippen LogP contribution in [0.3, 0.4) is 0 Å². The number of nitrogens with two attached hydrogens (primary N) is 1. The molecule has 10 heteroatoms. The van der Waals surface area contributed by atoms with Gasteiger partial charge in [-0.3, -0.25) is 19.4 Å². The molecule has 5 aromatic carbocycles. The second-order valence-corrected chi connectivity index (χ2v) is 16.1. The van der Waals surface area contributed by atoms with Crippen molar-refractivity contribution in [1.29, 1.82) is 0 Å². The van der Waals surface area contributed by atoms with Crippen molar-refractivity contribution >= 4 is 23.2 Å². The van der Waals surface area contributed by atoms with Gasteiger partial charge < -0.3 is 30.9 Å². The number of nitrogen functional groups attached to an aromatic ring is 1. The maximum Gasteiger partial charge on any atom is 0.224 e. The molecule has 0 bridgehead atoms. The van der Waals surface area contributed by atoms with E-state index in [-0.39, 0.29) is 30.6 Å². The Morgan fingerprint density at radius 3 is 2.07 bits per heavy atom. The van der Waals surface area contributed by atoms with E-state index in [9.17, 15) is 14.7 Å². The van der Waals surface area contributed by atoms with Gasteiger partial charge in [0.25, 0.3) is 0 Å². The quantitative estimate of drug-likeness (QED) is 0.0514. The highest BCUT2D eigenvalue weighted by Crippen LogP contribution is 2.39. The van der Waals surface area contributed by atoms with Gasteiger partial charge in [0, 0.05) is 70.6 Å². The predicted octanol–water partition coefficient (Wildman–Crippen LogP) is 8.39. The van der Waals surface area contributed by atoms with Gasteiger partial charge in [-0.25, -0.2) is 0 Å². The average molecular weight is 810 g/mol.